The Morgan fingerprint density at radius 2 is 2.12 bits per heavy atom. The quantitative estimate of drug-likeness (QED) is 0.709. The number of carbonyl (C=O) groups excluding carboxylic acids is 1. The summed E-state index contributed by atoms with van der Waals surface area (Å²) in [6.07, 6.45) is 0. The first-order chi connectivity index (χ1) is 8.22. The van der Waals surface area contributed by atoms with Crippen LogP contribution in [-0.4, -0.2) is 29.1 Å². The van der Waals surface area contributed by atoms with E-state index >= 15 is 0 Å². The van der Waals surface area contributed by atoms with Crippen molar-refractivity contribution < 1.29 is 9.90 Å². The number of benzene rings is 1. The van der Waals surface area contributed by atoms with Gasteiger partial charge in [-0.2, -0.15) is 0 Å². The van der Waals surface area contributed by atoms with Crippen LogP contribution in [0.2, 0.25) is 0 Å². The topological polar surface area (TPSA) is 82.2 Å². The number of aromatic nitrogens is 1. The number of aliphatic hydroxyl groups excluding tert-OH is 1. The highest BCUT2D eigenvalue weighted by molar-refractivity contribution is 5.94. The van der Waals surface area contributed by atoms with Crippen LogP contribution in [0.25, 0.3) is 10.9 Å². The molecular formula is C12H12N2O3. The molecule has 5 heteroatoms. The number of hydrogen-bond donors (Lipinski definition) is 3. The molecule has 0 radical (unpaired) electrons. The standard InChI is InChI=1S/C12H12N2O3/c15-6-5-13-12(17)10-7-11(16)8-3-1-2-4-9(8)14-10/h1-4,7,15H,5-6H2,(H,13,17)(H,14,16). The van der Waals surface area contributed by atoms with E-state index < -0.39 is 5.91 Å². The number of H-pyrrole nitrogens is 1. The molecule has 0 fully saturated rings. The van der Waals surface area contributed by atoms with Gasteiger partial charge in [0.25, 0.3) is 5.91 Å². The van der Waals surface area contributed by atoms with Crippen LogP contribution in [-0.2, 0) is 0 Å². The summed E-state index contributed by atoms with van der Waals surface area (Å²) in [5.74, 6) is -0.401. The van der Waals surface area contributed by atoms with E-state index in [-0.39, 0.29) is 24.3 Å². The molecule has 1 aromatic heterocycles. The molecule has 0 atom stereocenters. The van der Waals surface area contributed by atoms with Gasteiger partial charge in [0, 0.05) is 23.5 Å². The first kappa shape index (κ1) is 11.3. The third-order valence-corrected chi connectivity index (χ3v) is 2.38. The zero-order valence-corrected chi connectivity index (χ0v) is 9.06. The van der Waals surface area contributed by atoms with Gasteiger partial charge >= 0.3 is 0 Å². The molecule has 0 aliphatic rings. The van der Waals surface area contributed by atoms with Gasteiger partial charge in [-0.15, -0.1) is 0 Å². The summed E-state index contributed by atoms with van der Waals surface area (Å²) >= 11 is 0. The summed E-state index contributed by atoms with van der Waals surface area (Å²) in [5.41, 5.74) is 0.616. The van der Waals surface area contributed by atoms with Crippen LogP contribution in [0.4, 0.5) is 0 Å². The van der Waals surface area contributed by atoms with Crippen molar-refractivity contribution in [1.82, 2.24) is 10.3 Å². The zero-order chi connectivity index (χ0) is 12.3. The number of amides is 1. The maximum Gasteiger partial charge on any atom is 0.267 e. The largest absolute Gasteiger partial charge is 0.395 e. The number of aromatic amines is 1. The molecule has 5 nitrogen and oxygen atoms in total. The first-order valence-corrected chi connectivity index (χ1v) is 5.23. The number of nitrogens with one attached hydrogen (secondary N) is 2. The van der Waals surface area contributed by atoms with Gasteiger partial charge in [-0.05, 0) is 12.1 Å². The van der Waals surface area contributed by atoms with Crippen LogP contribution < -0.4 is 10.7 Å². The lowest BCUT2D eigenvalue weighted by Gasteiger charge is -2.04. The summed E-state index contributed by atoms with van der Waals surface area (Å²) < 4.78 is 0. The lowest BCUT2D eigenvalue weighted by Crippen LogP contribution is -2.28. The average Bonchev–Trinajstić information content (AvgIpc) is 2.36. The maximum absolute atomic E-state index is 11.7. The Hall–Kier alpha value is -2.14. The number of rotatable bonds is 3. The smallest absolute Gasteiger partial charge is 0.267 e. The van der Waals surface area contributed by atoms with Crippen molar-refractivity contribution in [2.24, 2.45) is 0 Å². The molecule has 0 aliphatic heterocycles. The number of hydrogen-bond acceptors (Lipinski definition) is 3. The molecule has 0 aliphatic carbocycles. The van der Waals surface area contributed by atoms with Gasteiger partial charge < -0.3 is 15.4 Å². The Morgan fingerprint density at radius 1 is 1.35 bits per heavy atom. The Balaban J connectivity index is 2.43. The van der Waals surface area contributed by atoms with E-state index in [1.165, 1.54) is 6.07 Å². The van der Waals surface area contributed by atoms with E-state index in [9.17, 15) is 9.59 Å². The summed E-state index contributed by atoms with van der Waals surface area (Å²) in [6.45, 7) is 0.0250. The third kappa shape index (κ3) is 2.34. The normalized spacial score (nSPS) is 10.4. The predicted octanol–water partition coefficient (Wildman–Crippen LogP) is 0.250. The van der Waals surface area contributed by atoms with Crippen LogP contribution in [0.3, 0.4) is 0 Å². The summed E-state index contributed by atoms with van der Waals surface area (Å²) in [4.78, 5) is 26.2. The van der Waals surface area contributed by atoms with Crippen molar-refractivity contribution in [1.29, 1.82) is 0 Å². The molecule has 0 saturated carbocycles. The molecule has 2 rings (SSSR count). The predicted molar refractivity (Wildman–Crippen MR) is 64.0 cm³/mol. The molecular weight excluding hydrogens is 220 g/mol. The molecule has 1 aromatic carbocycles. The summed E-state index contributed by atoms with van der Waals surface area (Å²) in [7, 11) is 0. The second-order valence-electron chi connectivity index (χ2n) is 3.57. The van der Waals surface area contributed by atoms with Crippen molar-refractivity contribution in [2.45, 2.75) is 0 Å². The minimum Gasteiger partial charge on any atom is -0.395 e. The highest BCUT2D eigenvalue weighted by Gasteiger charge is 2.08. The highest BCUT2D eigenvalue weighted by atomic mass is 16.3. The van der Waals surface area contributed by atoms with Crippen LogP contribution in [0.5, 0.6) is 0 Å². The lowest BCUT2D eigenvalue weighted by atomic mass is 10.2. The van der Waals surface area contributed by atoms with E-state index in [0.717, 1.165) is 0 Å². The van der Waals surface area contributed by atoms with E-state index in [1.54, 1.807) is 24.3 Å². The average molecular weight is 232 g/mol. The number of carbonyl (C=O) groups is 1. The van der Waals surface area contributed by atoms with Crippen molar-refractivity contribution in [3.63, 3.8) is 0 Å². The van der Waals surface area contributed by atoms with Crippen molar-refractivity contribution >= 4 is 16.8 Å². The van der Waals surface area contributed by atoms with Gasteiger partial charge in [0.15, 0.2) is 5.43 Å². The van der Waals surface area contributed by atoms with E-state index in [2.05, 4.69) is 10.3 Å². The van der Waals surface area contributed by atoms with Gasteiger partial charge in [-0.1, -0.05) is 12.1 Å². The fourth-order valence-corrected chi connectivity index (χ4v) is 1.58. The second kappa shape index (κ2) is 4.80. The Bertz CT molecular complexity index is 604. The lowest BCUT2D eigenvalue weighted by molar-refractivity contribution is 0.0940. The molecule has 1 heterocycles. The molecule has 3 N–H and O–H groups in total. The van der Waals surface area contributed by atoms with E-state index in [0.29, 0.717) is 10.9 Å². The second-order valence-corrected chi connectivity index (χ2v) is 3.57. The number of pyridine rings is 1. The monoisotopic (exact) mass is 232 g/mol. The van der Waals surface area contributed by atoms with Crippen molar-refractivity contribution in [3.05, 3.63) is 46.2 Å². The van der Waals surface area contributed by atoms with Gasteiger partial charge in [-0.25, -0.2) is 0 Å². The maximum atomic E-state index is 11.7. The minimum atomic E-state index is -0.401. The molecule has 0 spiro atoms. The fourth-order valence-electron chi connectivity index (χ4n) is 1.58. The molecule has 17 heavy (non-hydrogen) atoms. The zero-order valence-electron chi connectivity index (χ0n) is 9.06. The van der Waals surface area contributed by atoms with Gasteiger partial charge in [-0.3, -0.25) is 9.59 Å². The molecule has 0 saturated heterocycles. The van der Waals surface area contributed by atoms with E-state index in [1.807, 2.05) is 0 Å². The number of fused-ring (bicyclic) bond motifs is 1. The first-order valence-electron chi connectivity index (χ1n) is 5.23. The van der Waals surface area contributed by atoms with Crippen LogP contribution in [0.15, 0.2) is 35.1 Å². The highest BCUT2D eigenvalue weighted by Crippen LogP contribution is 2.06. The number of para-hydroxylation sites is 1. The summed E-state index contributed by atoms with van der Waals surface area (Å²) in [6, 6.07) is 8.24. The Labute approximate surface area is 97.1 Å². The van der Waals surface area contributed by atoms with Crippen LogP contribution in [0, 0.1) is 0 Å². The molecule has 0 unspecified atom stereocenters. The third-order valence-electron chi connectivity index (χ3n) is 2.38. The van der Waals surface area contributed by atoms with Gasteiger partial charge in [0.1, 0.15) is 5.69 Å². The van der Waals surface area contributed by atoms with Crippen molar-refractivity contribution in [3.8, 4) is 0 Å². The molecule has 2 aromatic rings. The van der Waals surface area contributed by atoms with E-state index in [4.69, 9.17) is 5.11 Å². The van der Waals surface area contributed by atoms with Gasteiger partial charge in [0.2, 0.25) is 0 Å². The van der Waals surface area contributed by atoms with Crippen molar-refractivity contribution in [2.75, 3.05) is 13.2 Å². The fraction of sp³-hybridized carbons (Fsp3) is 0.167. The van der Waals surface area contributed by atoms with Crippen LogP contribution >= 0.6 is 0 Å². The number of aliphatic hydroxyl groups is 1. The van der Waals surface area contributed by atoms with Crippen LogP contribution in [0.1, 0.15) is 10.5 Å². The minimum absolute atomic E-state index is 0.135. The molecule has 0 bridgehead atoms. The molecule has 88 valence electrons. The van der Waals surface area contributed by atoms with Gasteiger partial charge in [0.05, 0.1) is 6.61 Å². The Morgan fingerprint density at radius 3 is 2.88 bits per heavy atom. The summed E-state index contributed by atoms with van der Waals surface area (Å²) in [5, 5.41) is 11.6. The SMILES string of the molecule is O=C(NCCO)c1cc(=O)c2ccccc2[nH]1. The Kier molecular flexibility index (Phi) is 3.20. The molecule has 1 amide bonds.